The Morgan fingerprint density at radius 1 is 1.05 bits per heavy atom. The first-order valence-corrected chi connectivity index (χ1v) is 18.0. The van der Waals surface area contributed by atoms with Crippen molar-refractivity contribution in [2.45, 2.75) is 135 Å². The van der Waals surface area contributed by atoms with Gasteiger partial charge in [0.1, 0.15) is 5.69 Å². The van der Waals surface area contributed by atoms with Crippen LogP contribution < -0.4 is 0 Å². The lowest BCUT2D eigenvalue weighted by Crippen LogP contribution is -2.51. The molecule has 0 radical (unpaired) electrons. The predicted molar refractivity (Wildman–Crippen MR) is 170 cm³/mol. The quantitative estimate of drug-likeness (QED) is 0.158. The van der Waals surface area contributed by atoms with Crippen molar-refractivity contribution in [2.75, 3.05) is 20.1 Å². The minimum absolute atomic E-state index is 0.220. The molecule has 0 aliphatic carbocycles. The van der Waals surface area contributed by atoms with Gasteiger partial charge in [0.2, 0.25) is 0 Å². The number of hydrogen-bond donors (Lipinski definition) is 0. The van der Waals surface area contributed by atoms with Crippen LogP contribution in [0.4, 0.5) is 4.79 Å². The fourth-order valence-corrected chi connectivity index (χ4v) is 7.52. The molecule has 1 aromatic heterocycles. The van der Waals surface area contributed by atoms with Gasteiger partial charge in [0.15, 0.2) is 5.76 Å². The highest BCUT2D eigenvalue weighted by Crippen LogP contribution is 2.40. The number of unbranched alkanes of at least 4 members (excludes halogenated alkanes) is 3. The zero-order valence-corrected chi connectivity index (χ0v) is 28.4. The van der Waals surface area contributed by atoms with Crippen LogP contribution in [-0.4, -0.2) is 77.3 Å². The molecule has 3 atom stereocenters. The van der Waals surface area contributed by atoms with Crippen molar-refractivity contribution in [3.63, 3.8) is 0 Å². The highest BCUT2D eigenvalue weighted by molar-refractivity contribution is 7.81. The summed E-state index contributed by atoms with van der Waals surface area (Å²) >= 11 is 0. The van der Waals surface area contributed by atoms with E-state index in [4.69, 9.17) is 13.1 Å². The first-order valence-electron chi connectivity index (χ1n) is 16.7. The maximum atomic E-state index is 13.6. The summed E-state index contributed by atoms with van der Waals surface area (Å²) in [5.41, 5.74) is 1.18. The van der Waals surface area contributed by atoms with Gasteiger partial charge in [-0.3, -0.25) is 0 Å². The third kappa shape index (κ3) is 7.86. The number of aromatic nitrogens is 1. The van der Waals surface area contributed by atoms with Crippen LogP contribution >= 0.6 is 0 Å². The largest absolute Gasteiger partial charge is 0.437 e. The maximum absolute atomic E-state index is 13.6. The van der Waals surface area contributed by atoms with Gasteiger partial charge in [0, 0.05) is 43.4 Å². The molecular weight excluding hydrogens is 582 g/mol. The number of fused-ring (bicyclic) bond motifs is 2. The highest BCUT2D eigenvalue weighted by Gasteiger charge is 2.49. The van der Waals surface area contributed by atoms with E-state index in [1.807, 2.05) is 25.4 Å². The van der Waals surface area contributed by atoms with Crippen molar-refractivity contribution in [2.24, 2.45) is 0 Å². The number of hydroxylamine groups is 4. The number of allylic oxidation sites excluding steroid dienone is 2. The van der Waals surface area contributed by atoms with Crippen LogP contribution in [0.2, 0.25) is 0 Å². The topological polar surface area (TPSA) is 109 Å². The van der Waals surface area contributed by atoms with E-state index in [0.717, 1.165) is 74.8 Å². The Balaban J connectivity index is 1.49. The van der Waals surface area contributed by atoms with Gasteiger partial charge in [-0.1, -0.05) is 77.5 Å². The smallest absolute Gasteiger partial charge is 0.374 e. The maximum Gasteiger partial charge on any atom is 0.437 e. The number of urea groups is 1. The molecule has 2 fully saturated rings. The molecule has 2 bridgehead atoms. The molecule has 0 N–H and O–H groups in total. The van der Waals surface area contributed by atoms with Gasteiger partial charge in [-0.25, -0.2) is 4.79 Å². The zero-order chi connectivity index (χ0) is 31.9. The lowest BCUT2D eigenvalue weighted by Gasteiger charge is -2.43. The lowest BCUT2D eigenvalue weighted by atomic mass is 9.82. The summed E-state index contributed by atoms with van der Waals surface area (Å²) in [6, 6.07) is 0.869. The summed E-state index contributed by atoms with van der Waals surface area (Å²) in [6.07, 6.45) is 16.4. The molecule has 4 heterocycles. The van der Waals surface area contributed by atoms with Crippen molar-refractivity contribution < 1.29 is 26.3 Å². The first-order chi connectivity index (χ1) is 21.1. The van der Waals surface area contributed by atoms with E-state index in [0.29, 0.717) is 37.4 Å². The number of amides is 2. The third-order valence-electron chi connectivity index (χ3n) is 9.33. The van der Waals surface area contributed by atoms with Crippen molar-refractivity contribution in [1.29, 1.82) is 0 Å². The molecule has 3 aliphatic rings. The van der Waals surface area contributed by atoms with Crippen LogP contribution in [0, 0.1) is 0 Å². The molecular formula is C32H53N5O6S. The molecule has 0 aromatic carbocycles. The Hall–Kier alpha value is -2.41. The van der Waals surface area contributed by atoms with Gasteiger partial charge in [-0.2, -0.15) is 22.8 Å². The Morgan fingerprint density at radius 3 is 2.39 bits per heavy atom. The van der Waals surface area contributed by atoms with E-state index in [9.17, 15) is 13.2 Å². The molecule has 0 saturated carbocycles. The van der Waals surface area contributed by atoms with Crippen LogP contribution in [0.3, 0.4) is 0 Å². The molecule has 3 aliphatic heterocycles. The normalized spacial score (nSPS) is 22.4. The van der Waals surface area contributed by atoms with E-state index in [2.05, 4.69) is 50.8 Å². The molecule has 4 rings (SSSR count). The fraction of sp³-hybridized carbons (Fsp3) is 0.750. The second kappa shape index (κ2) is 15.2. The van der Waals surface area contributed by atoms with Gasteiger partial charge < -0.3 is 14.3 Å². The van der Waals surface area contributed by atoms with Crippen LogP contribution in [0.5, 0.6) is 0 Å². The van der Waals surface area contributed by atoms with E-state index < -0.39 is 28.0 Å². The van der Waals surface area contributed by atoms with E-state index in [1.54, 1.807) is 9.96 Å². The summed E-state index contributed by atoms with van der Waals surface area (Å²) in [5.74, 6) is 0.642. The first kappa shape index (κ1) is 34.5. The summed E-state index contributed by atoms with van der Waals surface area (Å²) in [7, 11) is -2.55. The number of nitrogens with zero attached hydrogens (tertiary/aromatic N) is 5. The van der Waals surface area contributed by atoms with Gasteiger partial charge >= 0.3 is 16.4 Å². The van der Waals surface area contributed by atoms with Crippen LogP contribution in [0.25, 0.3) is 5.57 Å². The molecule has 2 amide bonds. The second-order valence-electron chi connectivity index (χ2n) is 12.7. The number of piperidine rings is 1. The molecule has 0 unspecified atom stereocenters. The summed E-state index contributed by atoms with van der Waals surface area (Å²) < 4.78 is 44.1. The average Bonchev–Trinajstić information content (AvgIpc) is 3.58. The van der Waals surface area contributed by atoms with E-state index >= 15 is 0 Å². The monoisotopic (exact) mass is 635 g/mol. The minimum Gasteiger partial charge on any atom is -0.374 e. The third-order valence-corrected chi connectivity index (χ3v) is 10.0. The summed E-state index contributed by atoms with van der Waals surface area (Å²) in [4.78, 5) is 17.3. The predicted octanol–water partition coefficient (Wildman–Crippen LogP) is 6.98. The van der Waals surface area contributed by atoms with Gasteiger partial charge in [-0.05, 0) is 57.7 Å². The average molecular weight is 636 g/mol. The number of hydrogen-bond acceptors (Lipinski definition) is 9. The van der Waals surface area contributed by atoms with Crippen molar-refractivity contribution in [1.82, 2.24) is 25.1 Å². The zero-order valence-electron chi connectivity index (χ0n) is 27.5. The molecule has 12 heteroatoms. The molecule has 1 aromatic rings. The van der Waals surface area contributed by atoms with Crippen LogP contribution in [0.1, 0.15) is 129 Å². The molecule has 2 saturated heterocycles. The number of carbonyl (C=O) groups excluding carboxylic acids is 1. The Kier molecular flexibility index (Phi) is 11.9. The summed E-state index contributed by atoms with van der Waals surface area (Å²) in [6.45, 7) is 11.4. The standard InChI is InChI=1S/C32H53N5O6S/c1-7-11-18-32(17-10-4,19-12-8-2)36(20-13-9-3)42-44(39,40)43-37-27-14-15-29(35(24-27)31(37)38)28-23-30(41-33-28)26-16-21-34(6)25(5)22-26/h16,21-23,25,27,29H,7-15,17-20,24H2,1-6H3/t25-,27-,29-/m0/s1. The van der Waals surface area contributed by atoms with Crippen LogP contribution in [0.15, 0.2) is 28.9 Å². The van der Waals surface area contributed by atoms with Crippen molar-refractivity contribution in [3.8, 4) is 0 Å². The molecule has 248 valence electrons. The van der Waals surface area contributed by atoms with E-state index in [1.165, 1.54) is 0 Å². The molecule has 11 nitrogen and oxygen atoms in total. The van der Waals surface area contributed by atoms with Crippen molar-refractivity contribution in [3.05, 3.63) is 35.9 Å². The number of carbonyl (C=O) groups is 1. The fourth-order valence-electron chi connectivity index (χ4n) is 6.65. The number of likely N-dealkylation sites (N-methyl/N-ethyl adjacent to an activating group) is 1. The SMILES string of the molecule is CCCCN(OS(=O)(=O)ON1C(=O)N2C[C@@H]1CC[C@H]2c1cc(C2=C[C@H](C)N(C)C=C2)on1)C(CCC)(CCCC)CCCC. The highest BCUT2D eigenvalue weighted by atomic mass is 32.3. The lowest BCUT2D eigenvalue weighted by molar-refractivity contribution is -0.172. The second-order valence-corrected chi connectivity index (χ2v) is 13.8. The Labute approximate surface area is 264 Å². The van der Waals surface area contributed by atoms with Gasteiger partial charge in [-0.15, -0.1) is 4.28 Å². The Bertz CT molecular complexity index is 1260. The van der Waals surface area contributed by atoms with Crippen molar-refractivity contribution >= 4 is 22.0 Å². The minimum atomic E-state index is -4.57. The van der Waals surface area contributed by atoms with E-state index in [-0.39, 0.29) is 12.1 Å². The number of rotatable bonds is 18. The summed E-state index contributed by atoms with van der Waals surface area (Å²) in [5, 5.41) is 6.98. The van der Waals surface area contributed by atoms with Gasteiger partial charge in [0.25, 0.3) is 0 Å². The van der Waals surface area contributed by atoms with Gasteiger partial charge in [0.05, 0.1) is 12.1 Å². The molecule has 0 spiro atoms. The molecule has 44 heavy (non-hydrogen) atoms. The Morgan fingerprint density at radius 2 is 1.75 bits per heavy atom. The van der Waals surface area contributed by atoms with Crippen LogP contribution in [-0.2, 0) is 19.0 Å².